The van der Waals surface area contributed by atoms with Crippen LogP contribution in [-0.2, 0) is 0 Å². The largest absolute Gasteiger partial charge is 0.299 e. The standard InChI is InChI=1S/C23H20N2/c1-17-8-12-20(13-9-17)23-24-22(19-6-4-3-5-7-19)16-25(23)21-14-10-18(2)11-15-21/h3-16H,1-2H3. The Morgan fingerprint density at radius 3 is 1.88 bits per heavy atom. The molecule has 0 atom stereocenters. The summed E-state index contributed by atoms with van der Waals surface area (Å²) in [5.74, 6) is 0.961. The lowest BCUT2D eigenvalue weighted by Gasteiger charge is -2.08. The number of hydrogen-bond donors (Lipinski definition) is 0. The molecule has 3 aromatic carbocycles. The molecule has 0 aliphatic heterocycles. The van der Waals surface area contributed by atoms with Gasteiger partial charge in [0.15, 0.2) is 0 Å². The van der Waals surface area contributed by atoms with Crippen LogP contribution < -0.4 is 0 Å². The fraction of sp³-hybridized carbons (Fsp3) is 0.0870. The maximum atomic E-state index is 4.94. The van der Waals surface area contributed by atoms with E-state index in [2.05, 4.69) is 85.3 Å². The first kappa shape index (κ1) is 15.4. The van der Waals surface area contributed by atoms with Gasteiger partial charge in [-0.3, -0.25) is 4.57 Å². The van der Waals surface area contributed by atoms with E-state index in [-0.39, 0.29) is 0 Å². The highest BCUT2D eigenvalue weighted by atomic mass is 15.1. The van der Waals surface area contributed by atoms with Crippen molar-refractivity contribution in [1.82, 2.24) is 9.55 Å². The van der Waals surface area contributed by atoms with E-state index in [9.17, 15) is 0 Å². The van der Waals surface area contributed by atoms with Crippen LogP contribution >= 0.6 is 0 Å². The molecule has 4 aromatic rings. The van der Waals surface area contributed by atoms with E-state index in [1.807, 2.05) is 18.2 Å². The lowest BCUT2D eigenvalue weighted by atomic mass is 10.1. The third-order valence-electron chi connectivity index (χ3n) is 4.40. The Morgan fingerprint density at radius 2 is 1.24 bits per heavy atom. The molecule has 0 aliphatic carbocycles. The van der Waals surface area contributed by atoms with Gasteiger partial charge in [0, 0.05) is 23.0 Å². The zero-order valence-electron chi connectivity index (χ0n) is 14.5. The predicted molar refractivity (Wildman–Crippen MR) is 104 cm³/mol. The van der Waals surface area contributed by atoms with Gasteiger partial charge in [0.2, 0.25) is 0 Å². The molecule has 25 heavy (non-hydrogen) atoms. The third-order valence-corrected chi connectivity index (χ3v) is 4.40. The molecule has 122 valence electrons. The number of nitrogens with zero attached hydrogens (tertiary/aromatic N) is 2. The van der Waals surface area contributed by atoms with E-state index in [0.717, 1.165) is 28.3 Å². The molecular formula is C23H20N2. The summed E-state index contributed by atoms with van der Waals surface area (Å²) >= 11 is 0. The predicted octanol–water partition coefficient (Wildman–Crippen LogP) is 5.82. The quantitative estimate of drug-likeness (QED) is 0.464. The normalized spacial score (nSPS) is 10.8. The van der Waals surface area contributed by atoms with E-state index < -0.39 is 0 Å². The van der Waals surface area contributed by atoms with Crippen LogP contribution in [0.5, 0.6) is 0 Å². The Labute approximate surface area is 148 Å². The molecule has 0 unspecified atom stereocenters. The van der Waals surface area contributed by atoms with Crippen molar-refractivity contribution in [2.24, 2.45) is 0 Å². The van der Waals surface area contributed by atoms with Crippen molar-refractivity contribution in [3.05, 3.63) is 96.2 Å². The molecule has 1 aromatic heterocycles. The maximum absolute atomic E-state index is 4.94. The third kappa shape index (κ3) is 3.11. The molecule has 2 nitrogen and oxygen atoms in total. The van der Waals surface area contributed by atoms with E-state index in [4.69, 9.17) is 4.98 Å². The molecule has 0 aliphatic rings. The van der Waals surface area contributed by atoms with Crippen molar-refractivity contribution in [2.45, 2.75) is 13.8 Å². The second-order valence-electron chi connectivity index (χ2n) is 6.39. The van der Waals surface area contributed by atoms with Gasteiger partial charge in [0.1, 0.15) is 5.82 Å². The molecule has 1 heterocycles. The van der Waals surface area contributed by atoms with Gasteiger partial charge in [-0.05, 0) is 26.0 Å². The first-order valence-electron chi connectivity index (χ1n) is 8.49. The van der Waals surface area contributed by atoms with Crippen LogP contribution in [0.2, 0.25) is 0 Å². The van der Waals surface area contributed by atoms with Crippen molar-refractivity contribution in [2.75, 3.05) is 0 Å². The van der Waals surface area contributed by atoms with Crippen LogP contribution in [0.15, 0.2) is 85.1 Å². The fourth-order valence-electron chi connectivity index (χ4n) is 2.94. The van der Waals surface area contributed by atoms with Gasteiger partial charge in [0.25, 0.3) is 0 Å². The number of imidazole rings is 1. The minimum Gasteiger partial charge on any atom is -0.299 e. The Kier molecular flexibility index (Phi) is 3.95. The molecular weight excluding hydrogens is 304 g/mol. The minimum absolute atomic E-state index is 0.961. The summed E-state index contributed by atoms with van der Waals surface area (Å²) in [6.07, 6.45) is 2.12. The van der Waals surface area contributed by atoms with E-state index >= 15 is 0 Å². The summed E-state index contributed by atoms with van der Waals surface area (Å²) in [5.41, 5.74) is 6.85. The number of aromatic nitrogens is 2. The Morgan fingerprint density at radius 1 is 0.640 bits per heavy atom. The lowest BCUT2D eigenvalue weighted by Crippen LogP contribution is -1.96. The zero-order valence-corrected chi connectivity index (χ0v) is 14.5. The SMILES string of the molecule is Cc1ccc(-c2nc(-c3ccccc3)cn2-c2ccc(C)cc2)cc1. The number of aryl methyl sites for hydroxylation is 2. The minimum atomic E-state index is 0.961. The van der Waals surface area contributed by atoms with Crippen LogP contribution in [0.3, 0.4) is 0 Å². The van der Waals surface area contributed by atoms with Crippen molar-refractivity contribution < 1.29 is 0 Å². The van der Waals surface area contributed by atoms with Crippen LogP contribution in [0.4, 0.5) is 0 Å². The van der Waals surface area contributed by atoms with E-state index in [1.165, 1.54) is 11.1 Å². The molecule has 0 saturated carbocycles. The molecule has 0 N–H and O–H groups in total. The van der Waals surface area contributed by atoms with Gasteiger partial charge in [-0.2, -0.15) is 0 Å². The fourth-order valence-corrected chi connectivity index (χ4v) is 2.94. The summed E-state index contributed by atoms with van der Waals surface area (Å²) < 4.78 is 2.17. The average Bonchev–Trinajstić information content (AvgIpc) is 3.09. The van der Waals surface area contributed by atoms with Crippen molar-refractivity contribution in [3.8, 4) is 28.3 Å². The van der Waals surface area contributed by atoms with Crippen LogP contribution in [0.25, 0.3) is 28.3 Å². The smallest absolute Gasteiger partial charge is 0.145 e. The van der Waals surface area contributed by atoms with Crippen LogP contribution in [0, 0.1) is 13.8 Å². The molecule has 0 amide bonds. The first-order chi connectivity index (χ1) is 12.2. The maximum Gasteiger partial charge on any atom is 0.145 e. The van der Waals surface area contributed by atoms with Gasteiger partial charge >= 0.3 is 0 Å². The van der Waals surface area contributed by atoms with Gasteiger partial charge in [-0.15, -0.1) is 0 Å². The highest BCUT2D eigenvalue weighted by Crippen LogP contribution is 2.28. The summed E-state index contributed by atoms with van der Waals surface area (Å²) in [6.45, 7) is 4.21. The molecule has 0 saturated heterocycles. The Bertz CT molecular complexity index is 916. The van der Waals surface area contributed by atoms with Crippen LogP contribution in [0.1, 0.15) is 11.1 Å². The number of benzene rings is 3. The number of rotatable bonds is 3. The summed E-state index contributed by atoms with van der Waals surface area (Å²) in [5, 5.41) is 0. The lowest BCUT2D eigenvalue weighted by molar-refractivity contribution is 1.06. The van der Waals surface area contributed by atoms with Crippen LogP contribution in [-0.4, -0.2) is 9.55 Å². The molecule has 2 heteroatoms. The van der Waals surface area contributed by atoms with Gasteiger partial charge < -0.3 is 0 Å². The van der Waals surface area contributed by atoms with Gasteiger partial charge in [0.05, 0.1) is 5.69 Å². The highest BCUT2D eigenvalue weighted by molar-refractivity contribution is 5.67. The molecule has 4 rings (SSSR count). The topological polar surface area (TPSA) is 17.8 Å². The summed E-state index contributed by atoms with van der Waals surface area (Å²) in [4.78, 5) is 4.94. The summed E-state index contributed by atoms with van der Waals surface area (Å²) in [6, 6.07) is 27.4. The first-order valence-corrected chi connectivity index (χ1v) is 8.49. The van der Waals surface area contributed by atoms with E-state index in [1.54, 1.807) is 0 Å². The summed E-state index contributed by atoms with van der Waals surface area (Å²) in [7, 11) is 0. The van der Waals surface area contributed by atoms with Crippen molar-refractivity contribution in [3.63, 3.8) is 0 Å². The second-order valence-corrected chi connectivity index (χ2v) is 6.39. The van der Waals surface area contributed by atoms with Crippen molar-refractivity contribution in [1.29, 1.82) is 0 Å². The molecule has 0 spiro atoms. The van der Waals surface area contributed by atoms with E-state index in [0.29, 0.717) is 0 Å². The number of hydrogen-bond acceptors (Lipinski definition) is 1. The average molecular weight is 324 g/mol. The molecule has 0 bridgehead atoms. The van der Waals surface area contributed by atoms with Gasteiger partial charge in [-0.25, -0.2) is 4.98 Å². The molecule has 0 radical (unpaired) electrons. The molecule has 0 fully saturated rings. The zero-order chi connectivity index (χ0) is 17.2. The Balaban J connectivity index is 1.89. The van der Waals surface area contributed by atoms with Gasteiger partial charge in [-0.1, -0.05) is 77.9 Å². The van der Waals surface area contributed by atoms with Crippen molar-refractivity contribution >= 4 is 0 Å². The highest BCUT2D eigenvalue weighted by Gasteiger charge is 2.13. The monoisotopic (exact) mass is 324 g/mol. The second kappa shape index (κ2) is 6.40. The Hall–Kier alpha value is -3.13.